The first kappa shape index (κ1) is 10.6. The summed E-state index contributed by atoms with van der Waals surface area (Å²) in [6, 6.07) is 4.63. The Hall–Kier alpha value is -1.91. The molecular weight excluding hydrogens is 204 g/mol. The maximum atomic E-state index is 5.06. The minimum Gasteiger partial charge on any atom is -0.336 e. The van der Waals surface area contributed by atoms with Crippen LogP contribution in [0.1, 0.15) is 25.2 Å². The second kappa shape index (κ2) is 4.74. The summed E-state index contributed by atoms with van der Waals surface area (Å²) in [4.78, 5) is 8.19. The van der Waals surface area contributed by atoms with E-state index in [1.54, 1.807) is 12.4 Å². The highest BCUT2D eigenvalue weighted by Crippen LogP contribution is 2.09. The number of hydrogen-bond acceptors (Lipinski definition) is 5. The molecule has 5 heteroatoms. The summed E-state index contributed by atoms with van der Waals surface area (Å²) in [6.45, 7) is 4.04. The summed E-state index contributed by atoms with van der Waals surface area (Å²) in [5.41, 5.74) is 1.12. The van der Waals surface area contributed by atoms with Crippen molar-refractivity contribution >= 4 is 6.01 Å². The molecule has 0 saturated heterocycles. The Labute approximate surface area is 93.9 Å². The molecular formula is C11H14N4O. The van der Waals surface area contributed by atoms with E-state index in [1.165, 1.54) is 0 Å². The highest BCUT2D eigenvalue weighted by molar-refractivity contribution is 5.22. The molecule has 0 aliphatic rings. The van der Waals surface area contributed by atoms with Gasteiger partial charge in [-0.1, -0.05) is 5.16 Å². The fourth-order valence-electron chi connectivity index (χ4n) is 1.31. The van der Waals surface area contributed by atoms with E-state index < -0.39 is 0 Å². The number of rotatable bonds is 4. The second-order valence-corrected chi connectivity index (χ2v) is 3.85. The number of aromatic nitrogens is 3. The summed E-state index contributed by atoms with van der Waals surface area (Å²) in [7, 11) is 0. The third-order valence-corrected chi connectivity index (χ3v) is 1.99. The molecule has 0 spiro atoms. The lowest BCUT2D eigenvalue weighted by molar-refractivity contribution is 0.421. The SMILES string of the molecule is CC(C)Nc1nc(Cc2ccncc2)no1. The van der Waals surface area contributed by atoms with Gasteiger partial charge in [-0.2, -0.15) is 4.98 Å². The molecule has 0 saturated carbocycles. The molecule has 2 heterocycles. The van der Waals surface area contributed by atoms with Gasteiger partial charge < -0.3 is 9.84 Å². The molecule has 1 N–H and O–H groups in total. The molecule has 0 fully saturated rings. The van der Waals surface area contributed by atoms with Crippen molar-refractivity contribution in [2.24, 2.45) is 0 Å². The zero-order valence-electron chi connectivity index (χ0n) is 9.34. The molecule has 5 nitrogen and oxygen atoms in total. The van der Waals surface area contributed by atoms with Crippen LogP contribution in [0.3, 0.4) is 0 Å². The molecule has 0 bridgehead atoms. The molecule has 84 valence electrons. The van der Waals surface area contributed by atoms with Crippen LogP contribution >= 0.6 is 0 Å². The number of anilines is 1. The molecule has 0 aliphatic carbocycles. The Balaban J connectivity index is 2.03. The predicted molar refractivity (Wildman–Crippen MR) is 60.1 cm³/mol. The molecule has 0 atom stereocenters. The predicted octanol–water partition coefficient (Wildman–Crippen LogP) is 1.88. The van der Waals surface area contributed by atoms with E-state index in [0.717, 1.165) is 5.56 Å². The van der Waals surface area contributed by atoms with Crippen molar-refractivity contribution in [3.05, 3.63) is 35.9 Å². The second-order valence-electron chi connectivity index (χ2n) is 3.85. The van der Waals surface area contributed by atoms with Crippen molar-refractivity contribution in [3.8, 4) is 0 Å². The van der Waals surface area contributed by atoms with Crippen LogP contribution in [0.2, 0.25) is 0 Å². The van der Waals surface area contributed by atoms with Crippen LogP contribution in [0, 0.1) is 0 Å². The van der Waals surface area contributed by atoms with E-state index in [0.29, 0.717) is 18.3 Å². The first-order chi connectivity index (χ1) is 7.74. The highest BCUT2D eigenvalue weighted by Gasteiger charge is 2.07. The van der Waals surface area contributed by atoms with Gasteiger partial charge in [-0.3, -0.25) is 4.98 Å². The Morgan fingerprint density at radius 2 is 2.06 bits per heavy atom. The van der Waals surface area contributed by atoms with E-state index in [-0.39, 0.29) is 6.04 Å². The summed E-state index contributed by atoms with van der Waals surface area (Å²) in [5.74, 6) is 0.675. The van der Waals surface area contributed by atoms with E-state index in [1.807, 2.05) is 26.0 Å². The van der Waals surface area contributed by atoms with Crippen molar-refractivity contribution < 1.29 is 4.52 Å². The molecule has 0 amide bonds. The Morgan fingerprint density at radius 1 is 1.31 bits per heavy atom. The monoisotopic (exact) mass is 218 g/mol. The third kappa shape index (κ3) is 2.79. The van der Waals surface area contributed by atoms with Gasteiger partial charge >= 0.3 is 6.01 Å². The van der Waals surface area contributed by atoms with Crippen LogP contribution in [-0.2, 0) is 6.42 Å². The third-order valence-electron chi connectivity index (χ3n) is 1.99. The van der Waals surface area contributed by atoms with Crippen molar-refractivity contribution in [2.45, 2.75) is 26.3 Å². The van der Waals surface area contributed by atoms with Gasteiger partial charge in [0.25, 0.3) is 0 Å². The molecule has 0 aliphatic heterocycles. The van der Waals surface area contributed by atoms with Crippen LogP contribution < -0.4 is 5.32 Å². The van der Waals surface area contributed by atoms with Crippen LogP contribution in [0.4, 0.5) is 6.01 Å². The molecule has 2 aromatic heterocycles. The Kier molecular flexibility index (Phi) is 3.14. The zero-order valence-corrected chi connectivity index (χ0v) is 9.34. The summed E-state index contributed by atoms with van der Waals surface area (Å²) in [6.07, 6.45) is 4.16. The topological polar surface area (TPSA) is 63.8 Å². The lowest BCUT2D eigenvalue weighted by Crippen LogP contribution is -2.09. The van der Waals surface area contributed by atoms with Crippen LogP contribution in [-0.4, -0.2) is 21.2 Å². The molecule has 0 aromatic carbocycles. The van der Waals surface area contributed by atoms with E-state index >= 15 is 0 Å². The van der Waals surface area contributed by atoms with E-state index in [9.17, 15) is 0 Å². The van der Waals surface area contributed by atoms with Crippen molar-refractivity contribution in [1.29, 1.82) is 0 Å². The van der Waals surface area contributed by atoms with E-state index in [4.69, 9.17) is 4.52 Å². The van der Waals surface area contributed by atoms with Gasteiger partial charge in [0.2, 0.25) is 0 Å². The van der Waals surface area contributed by atoms with Gasteiger partial charge in [-0.25, -0.2) is 0 Å². The lowest BCUT2D eigenvalue weighted by atomic mass is 10.2. The number of pyridine rings is 1. The standard InChI is InChI=1S/C11H14N4O/c1-8(2)13-11-14-10(15-16-11)7-9-3-5-12-6-4-9/h3-6,8H,7H2,1-2H3,(H,13,14,15). The van der Waals surface area contributed by atoms with Gasteiger partial charge in [-0.15, -0.1) is 0 Å². The van der Waals surface area contributed by atoms with Gasteiger partial charge in [0.05, 0.1) is 0 Å². The maximum Gasteiger partial charge on any atom is 0.321 e. The fourth-order valence-corrected chi connectivity index (χ4v) is 1.31. The normalized spacial score (nSPS) is 10.7. The zero-order chi connectivity index (χ0) is 11.4. The van der Waals surface area contributed by atoms with Crippen molar-refractivity contribution in [2.75, 3.05) is 5.32 Å². The average molecular weight is 218 g/mol. The number of hydrogen-bond donors (Lipinski definition) is 1. The van der Waals surface area contributed by atoms with Crippen LogP contribution in [0.15, 0.2) is 29.0 Å². The van der Waals surface area contributed by atoms with Crippen LogP contribution in [0.5, 0.6) is 0 Å². The summed E-state index contributed by atoms with van der Waals surface area (Å²) < 4.78 is 5.06. The van der Waals surface area contributed by atoms with Gasteiger partial charge in [0.15, 0.2) is 5.82 Å². The van der Waals surface area contributed by atoms with Crippen LogP contribution in [0.25, 0.3) is 0 Å². The number of nitrogens with one attached hydrogen (secondary N) is 1. The Morgan fingerprint density at radius 3 is 2.75 bits per heavy atom. The molecule has 0 radical (unpaired) electrons. The first-order valence-corrected chi connectivity index (χ1v) is 5.22. The molecule has 0 unspecified atom stereocenters. The quantitative estimate of drug-likeness (QED) is 0.848. The smallest absolute Gasteiger partial charge is 0.321 e. The Bertz CT molecular complexity index is 438. The fraction of sp³-hybridized carbons (Fsp3) is 0.364. The lowest BCUT2D eigenvalue weighted by Gasteiger charge is -2.01. The van der Waals surface area contributed by atoms with Gasteiger partial charge in [0.1, 0.15) is 0 Å². The largest absolute Gasteiger partial charge is 0.336 e. The average Bonchev–Trinajstić information content (AvgIpc) is 2.66. The maximum absolute atomic E-state index is 5.06. The summed E-state index contributed by atoms with van der Waals surface area (Å²) in [5, 5.41) is 6.95. The minimum absolute atomic E-state index is 0.286. The molecule has 16 heavy (non-hydrogen) atoms. The van der Waals surface area contributed by atoms with Crippen molar-refractivity contribution in [1.82, 2.24) is 15.1 Å². The van der Waals surface area contributed by atoms with Gasteiger partial charge in [-0.05, 0) is 31.5 Å². The van der Waals surface area contributed by atoms with E-state index in [2.05, 4.69) is 20.4 Å². The summed E-state index contributed by atoms with van der Waals surface area (Å²) >= 11 is 0. The minimum atomic E-state index is 0.286. The highest BCUT2D eigenvalue weighted by atomic mass is 16.5. The van der Waals surface area contributed by atoms with Crippen molar-refractivity contribution in [3.63, 3.8) is 0 Å². The van der Waals surface area contributed by atoms with Gasteiger partial charge in [0, 0.05) is 24.9 Å². The molecule has 2 rings (SSSR count). The molecule has 2 aromatic rings. The number of nitrogens with zero attached hydrogens (tertiary/aromatic N) is 3. The first-order valence-electron chi connectivity index (χ1n) is 5.22.